The molecule has 1 aliphatic heterocycles. The second kappa shape index (κ2) is 8.24. The van der Waals surface area contributed by atoms with Crippen molar-refractivity contribution >= 4 is 32.9 Å². The van der Waals surface area contributed by atoms with E-state index >= 15 is 0 Å². The van der Waals surface area contributed by atoms with Gasteiger partial charge in [0.05, 0.1) is 23.1 Å². The van der Waals surface area contributed by atoms with Crippen molar-refractivity contribution in [3.63, 3.8) is 0 Å². The van der Waals surface area contributed by atoms with Gasteiger partial charge in [-0.25, -0.2) is 17.7 Å². The lowest BCUT2D eigenvalue weighted by atomic mass is 10.0. The number of halogens is 2. The fraction of sp³-hybridized carbons (Fsp3) is 0.211. The summed E-state index contributed by atoms with van der Waals surface area (Å²) in [6.45, 7) is 2.30. The van der Waals surface area contributed by atoms with E-state index in [0.717, 1.165) is 10.0 Å². The van der Waals surface area contributed by atoms with Crippen LogP contribution in [0.3, 0.4) is 0 Å². The molecule has 2 atom stereocenters. The average molecular weight is 438 g/mol. The minimum absolute atomic E-state index is 0.260. The third kappa shape index (κ3) is 3.95. The molecule has 2 aromatic carbocycles. The van der Waals surface area contributed by atoms with Crippen molar-refractivity contribution in [3.8, 4) is 0 Å². The summed E-state index contributed by atoms with van der Waals surface area (Å²) in [5.41, 5.74) is 1.26. The Bertz CT molecular complexity index is 869. The standard InChI is InChI=1S/C19H17BrFNO3S/c1-2-25-19(23)17-10-11-22(18(17)13-6-8-14(20)9-7-13)26(24)16-5-3-4-15(21)12-16/h3-10,12,18H,2,11H2,1H3. The van der Waals surface area contributed by atoms with Crippen molar-refractivity contribution in [1.29, 1.82) is 0 Å². The van der Waals surface area contributed by atoms with Crippen LogP contribution in [0.5, 0.6) is 0 Å². The van der Waals surface area contributed by atoms with Crippen LogP contribution in [0.25, 0.3) is 0 Å². The number of benzene rings is 2. The van der Waals surface area contributed by atoms with Crippen LogP contribution in [0.15, 0.2) is 69.5 Å². The summed E-state index contributed by atoms with van der Waals surface area (Å²) < 4.78 is 34.3. The highest BCUT2D eigenvalue weighted by atomic mass is 79.9. The molecule has 2 aromatic rings. The maximum atomic E-state index is 13.5. The van der Waals surface area contributed by atoms with Crippen molar-refractivity contribution in [1.82, 2.24) is 4.31 Å². The first-order valence-electron chi connectivity index (χ1n) is 8.08. The third-order valence-electron chi connectivity index (χ3n) is 3.98. The predicted molar refractivity (Wildman–Crippen MR) is 101 cm³/mol. The number of rotatable bonds is 5. The molecule has 2 unspecified atom stereocenters. The molecule has 136 valence electrons. The maximum absolute atomic E-state index is 13.5. The van der Waals surface area contributed by atoms with Crippen LogP contribution in [-0.2, 0) is 20.5 Å². The Morgan fingerprint density at radius 1 is 1.31 bits per heavy atom. The second-order valence-corrected chi connectivity index (χ2v) is 7.99. The minimum atomic E-state index is -1.62. The van der Waals surface area contributed by atoms with Gasteiger partial charge in [0.15, 0.2) is 0 Å². The molecule has 0 aromatic heterocycles. The summed E-state index contributed by atoms with van der Waals surface area (Å²) in [5.74, 6) is -0.882. The average Bonchev–Trinajstić information content (AvgIpc) is 3.07. The van der Waals surface area contributed by atoms with Crippen molar-refractivity contribution in [2.45, 2.75) is 17.9 Å². The van der Waals surface area contributed by atoms with Crippen molar-refractivity contribution in [2.75, 3.05) is 13.2 Å². The molecule has 7 heteroatoms. The summed E-state index contributed by atoms with van der Waals surface area (Å²) in [4.78, 5) is 12.7. The van der Waals surface area contributed by atoms with Crippen LogP contribution in [0.2, 0.25) is 0 Å². The van der Waals surface area contributed by atoms with E-state index in [4.69, 9.17) is 4.74 Å². The Balaban J connectivity index is 1.98. The third-order valence-corrected chi connectivity index (χ3v) is 5.95. The number of hydrogen-bond donors (Lipinski definition) is 0. The smallest absolute Gasteiger partial charge is 0.335 e. The SMILES string of the molecule is CCOC(=O)C1=CCN(S(=O)c2cccc(F)c2)C1c1ccc(Br)cc1. The van der Waals surface area contributed by atoms with E-state index in [0.29, 0.717) is 17.0 Å². The first-order chi connectivity index (χ1) is 12.5. The van der Waals surface area contributed by atoms with Crippen LogP contribution in [0.4, 0.5) is 4.39 Å². The number of ether oxygens (including phenoxy) is 1. The molecule has 0 aliphatic carbocycles. The summed E-state index contributed by atoms with van der Waals surface area (Å²) in [6, 6.07) is 12.6. The molecule has 0 N–H and O–H groups in total. The number of nitrogens with zero attached hydrogens (tertiary/aromatic N) is 1. The zero-order valence-electron chi connectivity index (χ0n) is 14.0. The zero-order valence-corrected chi connectivity index (χ0v) is 16.4. The summed E-state index contributed by atoms with van der Waals surface area (Å²) >= 11 is 3.39. The van der Waals surface area contributed by atoms with Gasteiger partial charge in [-0.05, 0) is 42.8 Å². The van der Waals surface area contributed by atoms with Crippen LogP contribution in [-0.4, -0.2) is 27.6 Å². The molecule has 1 aliphatic rings. The van der Waals surface area contributed by atoms with Crippen molar-refractivity contribution in [3.05, 3.63) is 76.0 Å². The lowest BCUT2D eigenvalue weighted by Gasteiger charge is -2.26. The van der Waals surface area contributed by atoms with Crippen LogP contribution >= 0.6 is 15.9 Å². The van der Waals surface area contributed by atoms with Gasteiger partial charge in [0.1, 0.15) is 16.8 Å². The van der Waals surface area contributed by atoms with E-state index in [1.165, 1.54) is 18.2 Å². The van der Waals surface area contributed by atoms with Crippen LogP contribution < -0.4 is 0 Å². The molecular formula is C19H17BrFNO3S. The highest BCUT2D eigenvalue weighted by molar-refractivity contribution is 9.10. The van der Waals surface area contributed by atoms with Crippen LogP contribution in [0, 0.1) is 5.82 Å². The predicted octanol–water partition coefficient (Wildman–Crippen LogP) is 4.16. The number of carbonyl (C=O) groups is 1. The quantitative estimate of drug-likeness (QED) is 0.659. The first-order valence-corrected chi connectivity index (χ1v) is 9.98. The van der Waals surface area contributed by atoms with Crippen molar-refractivity contribution < 1.29 is 18.1 Å². The maximum Gasteiger partial charge on any atom is 0.335 e. The van der Waals surface area contributed by atoms with Gasteiger partial charge < -0.3 is 4.74 Å². The minimum Gasteiger partial charge on any atom is -0.463 e. The van der Waals surface area contributed by atoms with Gasteiger partial charge >= 0.3 is 5.97 Å². The largest absolute Gasteiger partial charge is 0.463 e. The summed E-state index contributed by atoms with van der Waals surface area (Å²) in [6.07, 6.45) is 1.72. The Hall–Kier alpha value is -1.83. The molecule has 0 amide bonds. The lowest BCUT2D eigenvalue weighted by molar-refractivity contribution is -0.138. The van der Waals surface area contributed by atoms with Gasteiger partial charge in [0.25, 0.3) is 0 Å². The van der Waals surface area contributed by atoms with Crippen molar-refractivity contribution in [2.24, 2.45) is 0 Å². The lowest BCUT2D eigenvalue weighted by Crippen LogP contribution is -2.29. The Morgan fingerprint density at radius 3 is 2.69 bits per heavy atom. The molecule has 0 fully saturated rings. The van der Waals surface area contributed by atoms with E-state index in [9.17, 15) is 13.4 Å². The number of esters is 1. The summed E-state index contributed by atoms with van der Waals surface area (Å²) in [7, 11) is -1.62. The molecule has 0 saturated carbocycles. The van der Waals surface area contributed by atoms with Gasteiger partial charge in [0, 0.05) is 11.0 Å². The molecule has 26 heavy (non-hydrogen) atoms. The summed E-state index contributed by atoms with van der Waals surface area (Å²) in [5, 5.41) is 0. The van der Waals surface area contributed by atoms with E-state index in [1.54, 1.807) is 23.4 Å². The Labute approximate surface area is 162 Å². The molecule has 0 saturated heterocycles. The van der Waals surface area contributed by atoms with E-state index in [2.05, 4.69) is 15.9 Å². The van der Waals surface area contributed by atoms with Gasteiger partial charge in [0.2, 0.25) is 0 Å². The van der Waals surface area contributed by atoms with Gasteiger partial charge in [-0.3, -0.25) is 0 Å². The molecule has 0 radical (unpaired) electrons. The van der Waals surface area contributed by atoms with E-state index in [-0.39, 0.29) is 6.61 Å². The topological polar surface area (TPSA) is 46.6 Å². The Kier molecular flexibility index (Phi) is 6.01. The number of carbonyl (C=O) groups excluding carboxylic acids is 1. The molecule has 0 bridgehead atoms. The van der Waals surface area contributed by atoms with Gasteiger partial charge in [-0.15, -0.1) is 0 Å². The fourth-order valence-corrected chi connectivity index (χ4v) is 4.42. The first kappa shape index (κ1) is 18.9. The number of hydrogen-bond acceptors (Lipinski definition) is 3. The highest BCUT2D eigenvalue weighted by Crippen LogP contribution is 2.37. The van der Waals surface area contributed by atoms with E-state index in [1.807, 2.05) is 24.3 Å². The second-order valence-electron chi connectivity index (χ2n) is 5.64. The molecule has 3 rings (SSSR count). The van der Waals surface area contributed by atoms with E-state index < -0.39 is 28.8 Å². The monoisotopic (exact) mass is 437 g/mol. The van der Waals surface area contributed by atoms with Gasteiger partial charge in [-0.2, -0.15) is 0 Å². The van der Waals surface area contributed by atoms with Crippen LogP contribution in [0.1, 0.15) is 18.5 Å². The normalized spacial score (nSPS) is 18.4. The Morgan fingerprint density at radius 2 is 2.04 bits per heavy atom. The molecule has 4 nitrogen and oxygen atoms in total. The molecular weight excluding hydrogens is 421 g/mol. The molecule has 1 heterocycles. The molecule has 0 spiro atoms. The fourth-order valence-electron chi connectivity index (χ4n) is 2.84. The van der Waals surface area contributed by atoms with Gasteiger partial charge in [-0.1, -0.05) is 40.2 Å². The zero-order chi connectivity index (χ0) is 18.7. The highest BCUT2D eigenvalue weighted by Gasteiger charge is 2.37.